The average molecular weight is 439 g/mol. The third-order valence-electron chi connectivity index (χ3n) is 7.34. The summed E-state index contributed by atoms with van der Waals surface area (Å²) in [4.78, 5) is 0. The first-order valence-electron chi connectivity index (χ1n) is 12.6. The summed E-state index contributed by atoms with van der Waals surface area (Å²) >= 11 is 0. The first-order chi connectivity index (χ1) is 16.2. The van der Waals surface area contributed by atoms with Gasteiger partial charge in [-0.05, 0) is 72.2 Å². The van der Waals surface area contributed by atoms with E-state index in [0.29, 0.717) is 10.9 Å². The Balaban J connectivity index is 1.38. The third kappa shape index (κ3) is 6.14. The van der Waals surface area contributed by atoms with E-state index in [2.05, 4.69) is 55.7 Å². The van der Waals surface area contributed by atoms with Crippen molar-refractivity contribution in [3.8, 4) is 11.8 Å². The maximum absolute atomic E-state index is 15.0. The standard InChI is InChI=1S/C32H35F/c1-3-5-6-28-18-22-31-30(23-28)21-20-29(32(31)33)19-17-27-15-13-26(14-16-27)12-11-25-9-7-24(4-2)8-10-25/h3,13-16,18,20-25H,1,4-12H2,2H3. The van der Waals surface area contributed by atoms with E-state index in [1.165, 1.54) is 49.7 Å². The lowest BCUT2D eigenvalue weighted by Gasteiger charge is -2.27. The average Bonchev–Trinajstić information content (AvgIpc) is 2.86. The van der Waals surface area contributed by atoms with Crippen LogP contribution in [0.1, 0.15) is 74.1 Å². The Kier molecular flexibility index (Phi) is 8.01. The van der Waals surface area contributed by atoms with E-state index >= 15 is 4.39 Å². The molecule has 1 aliphatic rings. The molecule has 0 heterocycles. The van der Waals surface area contributed by atoms with Crippen LogP contribution >= 0.6 is 0 Å². The minimum Gasteiger partial charge on any atom is -0.205 e. The van der Waals surface area contributed by atoms with Crippen molar-refractivity contribution in [1.82, 2.24) is 0 Å². The summed E-state index contributed by atoms with van der Waals surface area (Å²) in [5.41, 5.74) is 3.96. The second-order valence-corrected chi connectivity index (χ2v) is 9.59. The molecule has 170 valence electrons. The van der Waals surface area contributed by atoms with Crippen molar-refractivity contribution in [3.05, 3.63) is 95.3 Å². The highest BCUT2D eigenvalue weighted by molar-refractivity contribution is 5.85. The number of aryl methyl sites for hydroxylation is 2. The summed E-state index contributed by atoms with van der Waals surface area (Å²) in [6, 6.07) is 18.2. The smallest absolute Gasteiger partial charge is 0.146 e. The molecule has 0 atom stereocenters. The van der Waals surface area contributed by atoms with Crippen molar-refractivity contribution >= 4 is 10.8 Å². The van der Waals surface area contributed by atoms with Gasteiger partial charge in [-0.2, -0.15) is 0 Å². The highest BCUT2D eigenvalue weighted by atomic mass is 19.1. The van der Waals surface area contributed by atoms with Crippen LogP contribution in [0.15, 0.2) is 67.3 Å². The lowest BCUT2D eigenvalue weighted by molar-refractivity contribution is 0.259. The summed E-state index contributed by atoms with van der Waals surface area (Å²) in [7, 11) is 0. The molecule has 3 aromatic rings. The first kappa shape index (κ1) is 23.3. The van der Waals surface area contributed by atoms with Crippen LogP contribution in [0.5, 0.6) is 0 Å². The Morgan fingerprint density at radius 3 is 2.33 bits per heavy atom. The second kappa shape index (κ2) is 11.3. The molecule has 1 heteroatoms. The molecule has 0 saturated heterocycles. The van der Waals surface area contributed by atoms with Crippen molar-refractivity contribution in [1.29, 1.82) is 0 Å². The van der Waals surface area contributed by atoms with E-state index < -0.39 is 0 Å². The normalized spacial score (nSPS) is 18.0. The zero-order valence-corrected chi connectivity index (χ0v) is 19.9. The Morgan fingerprint density at radius 2 is 1.61 bits per heavy atom. The van der Waals surface area contributed by atoms with Crippen LogP contribution in [0.25, 0.3) is 10.8 Å². The molecule has 0 spiro atoms. The topological polar surface area (TPSA) is 0 Å². The molecule has 4 rings (SSSR count). The van der Waals surface area contributed by atoms with Crippen LogP contribution in [-0.4, -0.2) is 0 Å². The number of hydrogen-bond donors (Lipinski definition) is 0. The van der Waals surface area contributed by atoms with Crippen LogP contribution in [0.3, 0.4) is 0 Å². The summed E-state index contributed by atoms with van der Waals surface area (Å²) in [5, 5.41) is 1.56. The van der Waals surface area contributed by atoms with Gasteiger partial charge in [0.1, 0.15) is 5.82 Å². The lowest BCUT2D eigenvalue weighted by Crippen LogP contribution is -2.14. The summed E-state index contributed by atoms with van der Waals surface area (Å²) in [6.07, 6.45) is 13.2. The van der Waals surface area contributed by atoms with Crippen molar-refractivity contribution in [3.63, 3.8) is 0 Å². The van der Waals surface area contributed by atoms with E-state index in [1.807, 2.05) is 24.3 Å². The second-order valence-electron chi connectivity index (χ2n) is 9.59. The number of rotatable bonds is 7. The molecule has 1 aliphatic carbocycles. The fraction of sp³-hybridized carbons (Fsp3) is 0.375. The van der Waals surface area contributed by atoms with Gasteiger partial charge in [0.15, 0.2) is 0 Å². The Bertz CT molecular complexity index is 1130. The van der Waals surface area contributed by atoms with Crippen LogP contribution in [0.2, 0.25) is 0 Å². The molecule has 0 unspecified atom stereocenters. The maximum atomic E-state index is 15.0. The molecule has 0 nitrogen and oxygen atoms in total. The van der Waals surface area contributed by atoms with Gasteiger partial charge in [-0.15, -0.1) is 6.58 Å². The van der Waals surface area contributed by atoms with Gasteiger partial charge >= 0.3 is 0 Å². The number of allylic oxidation sites excluding steroid dienone is 1. The summed E-state index contributed by atoms with van der Waals surface area (Å²) < 4.78 is 15.0. The number of benzene rings is 3. The third-order valence-corrected chi connectivity index (χ3v) is 7.34. The summed E-state index contributed by atoms with van der Waals surface area (Å²) in [5.74, 6) is 7.82. The number of halogens is 1. The van der Waals surface area contributed by atoms with E-state index in [1.54, 1.807) is 6.07 Å². The zero-order chi connectivity index (χ0) is 23.0. The fourth-order valence-corrected chi connectivity index (χ4v) is 5.06. The SMILES string of the molecule is C=CCCc1ccc2c(F)c(C#Cc3ccc(CCC4CCC(CC)CC4)cc3)ccc2c1. The van der Waals surface area contributed by atoms with Crippen LogP contribution in [-0.2, 0) is 12.8 Å². The number of hydrogen-bond acceptors (Lipinski definition) is 0. The van der Waals surface area contributed by atoms with Gasteiger partial charge < -0.3 is 0 Å². The zero-order valence-electron chi connectivity index (χ0n) is 19.9. The van der Waals surface area contributed by atoms with Gasteiger partial charge in [-0.3, -0.25) is 0 Å². The van der Waals surface area contributed by atoms with Crippen LogP contribution in [0.4, 0.5) is 4.39 Å². The van der Waals surface area contributed by atoms with Crippen molar-refractivity contribution in [2.24, 2.45) is 11.8 Å². The minimum atomic E-state index is -0.232. The molecule has 0 amide bonds. The Labute approximate surface area is 198 Å². The lowest BCUT2D eigenvalue weighted by atomic mass is 9.78. The van der Waals surface area contributed by atoms with E-state index in [9.17, 15) is 0 Å². The Hall–Kier alpha value is -2.85. The molecule has 1 saturated carbocycles. The van der Waals surface area contributed by atoms with E-state index in [0.717, 1.165) is 42.0 Å². The molecule has 33 heavy (non-hydrogen) atoms. The van der Waals surface area contributed by atoms with Crippen molar-refractivity contribution < 1.29 is 4.39 Å². The van der Waals surface area contributed by atoms with Gasteiger partial charge in [0, 0.05) is 10.9 Å². The molecule has 0 N–H and O–H groups in total. The minimum absolute atomic E-state index is 0.232. The summed E-state index contributed by atoms with van der Waals surface area (Å²) in [6.45, 7) is 6.10. The largest absolute Gasteiger partial charge is 0.205 e. The van der Waals surface area contributed by atoms with Crippen molar-refractivity contribution in [2.45, 2.75) is 64.7 Å². The van der Waals surface area contributed by atoms with Gasteiger partial charge in [-0.1, -0.05) is 93.3 Å². The molecule has 0 aliphatic heterocycles. The van der Waals surface area contributed by atoms with Crippen LogP contribution < -0.4 is 0 Å². The predicted octanol–water partition coefficient (Wildman–Crippen LogP) is 8.65. The van der Waals surface area contributed by atoms with Gasteiger partial charge in [0.05, 0.1) is 5.56 Å². The monoisotopic (exact) mass is 438 g/mol. The van der Waals surface area contributed by atoms with Gasteiger partial charge in [-0.25, -0.2) is 4.39 Å². The number of fused-ring (bicyclic) bond motifs is 1. The maximum Gasteiger partial charge on any atom is 0.146 e. The molecule has 0 aromatic heterocycles. The quantitative estimate of drug-likeness (QED) is 0.256. The molecule has 3 aromatic carbocycles. The highest BCUT2D eigenvalue weighted by Gasteiger charge is 2.19. The molecular weight excluding hydrogens is 403 g/mol. The van der Waals surface area contributed by atoms with E-state index in [-0.39, 0.29) is 5.82 Å². The fourth-order valence-electron chi connectivity index (χ4n) is 5.06. The molecule has 1 fully saturated rings. The Morgan fingerprint density at radius 1 is 0.879 bits per heavy atom. The van der Waals surface area contributed by atoms with E-state index in [4.69, 9.17) is 0 Å². The highest BCUT2D eigenvalue weighted by Crippen LogP contribution is 2.33. The van der Waals surface area contributed by atoms with Crippen molar-refractivity contribution in [2.75, 3.05) is 0 Å². The molecular formula is C32H35F. The van der Waals surface area contributed by atoms with Gasteiger partial charge in [0.25, 0.3) is 0 Å². The van der Waals surface area contributed by atoms with Crippen LogP contribution in [0, 0.1) is 29.5 Å². The van der Waals surface area contributed by atoms with Gasteiger partial charge in [0.2, 0.25) is 0 Å². The molecule has 0 bridgehead atoms. The first-order valence-corrected chi connectivity index (χ1v) is 12.6. The predicted molar refractivity (Wildman–Crippen MR) is 139 cm³/mol. The molecule has 0 radical (unpaired) electrons.